The predicted molar refractivity (Wildman–Crippen MR) is 93.7 cm³/mol. The maximum Gasteiger partial charge on any atom is 0.0945 e. The molecule has 0 amide bonds. The zero-order chi connectivity index (χ0) is 15.1. The second-order valence-corrected chi connectivity index (χ2v) is 6.57. The van der Waals surface area contributed by atoms with Gasteiger partial charge in [-0.3, -0.25) is 4.98 Å². The van der Waals surface area contributed by atoms with Gasteiger partial charge in [0.2, 0.25) is 0 Å². The molecule has 4 heteroatoms. The summed E-state index contributed by atoms with van der Waals surface area (Å²) in [5.41, 5.74) is 6.11. The molecule has 3 nitrogen and oxygen atoms in total. The standard InChI is InChI=1S/C18H17N3S/c1-12-6-3-4-8-14(12)18-15-10-9-13-7-5-11-19-16(13)17(15)20-22-21(18)2/h3-11,18,20H,1-2H3. The lowest BCUT2D eigenvalue weighted by Crippen LogP contribution is -2.26. The Bertz CT molecular complexity index is 847. The van der Waals surface area contributed by atoms with E-state index in [4.69, 9.17) is 0 Å². The number of benzene rings is 2. The van der Waals surface area contributed by atoms with E-state index in [0.717, 1.165) is 11.2 Å². The summed E-state index contributed by atoms with van der Waals surface area (Å²) in [5, 5.41) is 1.17. The van der Waals surface area contributed by atoms with Crippen LogP contribution in [0, 0.1) is 6.92 Å². The fourth-order valence-corrected chi connectivity index (χ4v) is 3.90. The molecule has 1 atom stereocenters. The van der Waals surface area contributed by atoms with E-state index in [1.807, 2.05) is 12.3 Å². The van der Waals surface area contributed by atoms with Crippen LogP contribution in [0.15, 0.2) is 54.7 Å². The van der Waals surface area contributed by atoms with E-state index in [9.17, 15) is 0 Å². The van der Waals surface area contributed by atoms with Crippen molar-refractivity contribution >= 4 is 28.7 Å². The number of hydrogen-bond acceptors (Lipinski definition) is 4. The Hall–Kier alpha value is -2.04. The van der Waals surface area contributed by atoms with Crippen molar-refractivity contribution in [2.45, 2.75) is 13.0 Å². The van der Waals surface area contributed by atoms with Gasteiger partial charge in [0.15, 0.2) is 0 Å². The summed E-state index contributed by atoms with van der Waals surface area (Å²) < 4.78 is 5.72. The number of aryl methyl sites for hydroxylation is 1. The minimum Gasteiger partial charge on any atom is -0.314 e. The van der Waals surface area contributed by atoms with E-state index in [0.29, 0.717) is 0 Å². The summed E-state index contributed by atoms with van der Waals surface area (Å²) in [6.45, 7) is 2.18. The number of rotatable bonds is 1. The molecule has 1 aliphatic rings. The molecular weight excluding hydrogens is 290 g/mol. The Morgan fingerprint density at radius 2 is 1.91 bits per heavy atom. The monoisotopic (exact) mass is 307 g/mol. The summed E-state index contributed by atoms with van der Waals surface area (Å²) in [7, 11) is 2.13. The van der Waals surface area contributed by atoms with Gasteiger partial charge in [-0.05, 0) is 24.1 Å². The van der Waals surface area contributed by atoms with Crippen molar-refractivity contribution < 1.29 is 0 Å². The van der Waals surface area contributed by atoms with Gasteiger partial charge in [-0.15, -0.1) is 0 Å². The quantitative estimate of drug-likeness (QED) is 0.667. The maximum absolute atomic E-state index is 4.58. The third kappa shape index (κ3) is 2.07. The predicted octanol–water partition coefficient (Wildman–Crippen LogP) is 4.55. The zero-order valence-corrected chi connectivity index (χ0v) is 13.4. The number of nitrogens with zero attached hydrogens (tertiary/aromatic N) is 2. The van der Waals surface area contributed by atoms with Crippen LogP contribution in [0.4, 0.5) is 5.69 Å². The number of anilines is 1. The van der Waals surface area contributed by atoms with Gasteiger partial charge in [-0.25, -0.2) is 4.31 Å². The maximum atomic E-state index is 4.58. The Kier molecular flexibility index (Phi) is 3.28. The lowest BCUT2D eigenvalue weighted by Gasteiger charge is -2.35. The van der Waals surface area contributed by atoms with Gasteiger partial charge in [0.25, 0.3) is 0 Å². The molecule has 1 unspecified atom stereocenters. The highest BCUT2D eigenvalue weighted by Crippen LogP contribution is 2.44. The summed E-state index contributed by atoms with van der Waals surface area (Å²) in [6, 6.07) is 17.3. The summed E-state index contributed by atoms with van der Waals surface area (Å²) in [4.78, 5) is 4.58. The van der Waals surface area contributed by atoms with Crippen molar-refractivity contribution in [2.24, 2.45) is 0 Å². The van der Waals surface area contributed by atoms with E-state index in [1.54, 1.807) is 12.1 Å². The largest absolute Gasteiger partial charge is 0.314 e. The first-order valence-corrected chi connectivity index (χ1v) is 8.12. The van der Waals surface area contributed by atoms with Crippen LogP contribution in [-0.4, -0.2) is 16.3 Å². The van der Waals surface area contributed by atoms with Crippen LogP contribution in [-0.2, 0) is 0 Å². The molecule has 4 rings (SSSR count). The van der Waals surface area contributed by atoms with Crippen LogP contribution < -0.4 is 4.72 Å². The van der Waals surface area contributed by atoms with Crippen molar-refractivity contribution in [3.8, 4) is 0 Å². The summed E-state index contributed by atoms with van der Waals surface area (Å²) in [6.07, 6.45) is 1.86. The molecule has 2 aromatic carbocycles. The van der Waals surface area contributed by atoms with Crippen molar-refractivity contribution in [3.05, 3.63) is 71.4 Å². The molecule has 1 aromatic heterocycles. The third-order valence-corrected chi connectivity index (χ3v) is 5.03. The molecule has 2 heterocycles. The third-order valence-electron chi connectivity index (χ3n) is 4.24. The van der Waals surface area contributed by atoms with E-state index < -0.39 is 0 Å². The van der Waals surface area contributed by atoms with Gasteiger partial charge >= 0.3 is 0 Å². The Morgan fingerprint density at radius 1 is 1.05 bits per heavy atom. The number of aromatic nitrogens is 1. The lowest BCUT2D eigenvalue weighted by atomic mass is 9.93. The minimum atomic E-state index is 0.230. The highest BCUT2D eigenvalue weighted by atomic mass is 32.2. The van der Waals surface area contributed by atoms with Crippen LogP contribution in [0.5, 0.6) is 0 Å². The molecule has 1 N–H and O–H groups in total. The van der Waals surface area contributed by atoms with E-state index in [-0.39, 0.29) is 6.04 Å². The van der Waals surface area contributed by atoms with Crippen molar-refractivity contribution in [2.75, 3.05) is 11.8 Å². The molecule has 0 aliphatic carbocycles. The van der Waals surface area contributed by atoms with Crippen LogP contribution >= 0.6 is 12.1 Å². The van der Waals surface area contributed by atoms with Gasteiger partial charge in [0.1, 0.15) is 0 Å². The first-order chi connectivity index (χ1) is 10.8. The molecule has 22 heavy (non-hydrogen) atoms. The molecule has 0 bridgehead atoms. The molecule has 0 saturated carbocycles. The number of fused-ring (bicyclic) bond motifs is 3. The number of hydrogen-bond donors (Lipinski definition) is 1. The van der Waals surface area contributed by atoms with Gasteiger partial charge in [0.05, 0.1) is 17.2 Å². The summed E-state index contributed by atoms with van der Waals surface area (Å²) in [5.74, 6) is 0. The van der Waals surface area contributed by atoms with Crippen molar-refractivity contribution in [1.29, 1.82) is 0 Å². The highest BCUT2D eigenvalue weighted by Gasteiger charge is 2.29. The van der Waals surface area contributed by atoms with Crippen LogP contribution in [0.3, 0.4) is 0 Å². The second-order valence-electron chi connectivity index (χ2n) is 5.60. The van der Waals surface area contributed by atoms with Crippen LogP contribution in [0.1, 0.15) is 22.7 Å². The van der Waals surface area contributed by atoms with Gasteiger partial charge in [0, 0.05) is 36.3 Å². The Labute approximate surface area is 134 Å². The van der Waals surface area contributed by atoms with Crippen LogP contribution in [0.2, 0.25) is 0 Å². The smallest absolute Gasteiger partial charge is 0.0945 e. The summed E-state index contributed by atoms with van der Waals surface area (Å²) >= 11 is 1.63. The molecule has 1 aliphatic heterocycles. The fourth-order valence-electron chi connectivity index (χ4n) is 3.12. The van der Waals surface area contributed by atoms with Crippen LogP contribution in [0.25, 0.3) is 10.9 Å². The lowest BCUT2D eigenvalue weighted by molar-refractivity contribution is 0.477. The zero-order valence-electron chi connectivity index (χ0n) is 12.6. The molecule has 0 spiro atoms. The number of pyridine rings is 1. The van der Waals surface area contributed by atoms with Crippen molar-refractivity contribution in [3.63, 3.8) is 0 Å². The van der Waals surface area contributed by atoms with E-state index in [1.165, 1.54) is 22.1 Å². The first-order valence-electron chi connectivity index (χ1n) is 7.34. The Balaban J connectivity index is 1.96. The average molecular weight is 307 g/mol. The second kappa shape index (κ2) is 5.30. The molecule has 0 fully saturated rings. The topological polar surface area (TPSA) is 28.2 Å². The molecular formula is C18H17N3S. The first kappa shape index (κ1) is 13.6. The van der Waals surface area contributed by atoms with Crippen molar-refractivity contribution in [1.82, 2.24) is 9.29 Å². The number of nitrogens with one attached hydrogen (secondary N) is 1. The van der Waals surface area contributed by atoms with Gasteiger partial charge < -0.3 is 4.72 Å². The van der Waals surface area contributed by atoms with Gasteiger partial charge in [-0.1, -0.05) is 42.5 Å². The minimum absolute atomic E-state index is 0.230. The molecule has 0 saturated heterocycles. The molecule has 3 aromatic rings. The molecule has 110 valence electrons. The SMILES string of the molecule is Cc1ccccc1C1c2ccc3cccnc3c2NSN1C. The molecule has 0 radical (unpaired) electrons. The normalized spacial score (nSPS) is 18.0. The fraction of sp³-hybridized carbons (Fsp3) is 0.167. The van der Waals surface area contributed by atoms with E-state index >= 15 is 0 Å². The average Bonchev–Trinajstić information content (AvgIpc) is 2.55. The highest BCUT2D eigenvalue weighted by molar-refractivity contribution is 7.98. The Morgan fingerprint density at radius 3 is 2.77 bits per heavy atom. The van der Waals surface area contributed by atoms with E-state index in [2.05, 4.69) is 70.4 Å². The van der Waals surface area contributed by atoms with Gasteiger partial charge in [-0.2, -0.15) is 0 Å².